The molecule has 17 heavy (non-hydrogen) atoms. The predicted molar refractivity (Wildman–Crippen MR) is 75.6 cm³/mol. The minimum absolute atomic E-state index is 0.730. The number of thioether (sulfide) groups is 1. The highest BCUT2D eigenvalue weighted by molar-refractivity contribution is 7.98. The number of aromatic nitrogens is 2. The maximum absolute atomic E-state index is 5.75. The van der Waals surface area contributed by atoms with Crippen LogP contribution in [-0.4, -0.2) is 35.6 Å². The van der Waals surface area contributed by atoms with Gasteiger partial charge in [-0.2, -0.15) is 11.8 Å². The number of hydrogen-bond donors (Lipinski definition) is 1. The zero-order valence-corrected chi connectivity index (χ0v) is 10.9. The molecule has 0 saturated carbocycles. The molecule has 2 rings (SSSR count). The van der Waals surface area contributed by atoms with E-state index >= 15 is 0 Å². The molecule has 0 spiro atoms. The molecule has 4 nitrogen and oxygen atoms in total. The van der Waals surface area contributed by atoms with Crippen molar-refractivity contribution in [3.63, 3.8) is 0 Å². The maximum Gasteiger partial charge on any atom is 0.139 e. The van der Waals surface area contributed by atoms with Crippen molar-refractivity contribution < 1.29 is 0 Å². The van der Waals surface area contributed by atoms with E-state index in [4.69, 9.17) is 5.73 Å². The van der Waals surface area contributed by atoms with E-state index in [0.29, 0.717) is 0 Å². The normalized spacial score (nSPS) is 10.7. The molecule has 0 fully saturated rings. The number of anilines is 2. The Morgan fingerprint density at radius 1 is 1.35 bits per heavy atom. The first-order valence-electron chi connectivity index (χ1n) is 5.42. The van der Waals surface area contributed by atoms with Crippen LogP contribution in [0.25, 0.3) is 10.9 Å². The third-order valence-corrected chi connectivity index (χ3v) is 3.22. The second kappa shape index (κ2) is 5.23. The molecule has 0 atom stereocenters. The third-order valence-electron chi connectivity index (χ3n) is 2.63. The molecule has 5 heteroatoms. The molecule has 0 saturated heterocycles. The molecule has 1 aromatic heterocycles. The van der Waals surface area contributed by atoms with Crippen LogP contribution in [0.1, 0.15) is 0 Å². The molecule has 0 amide bonds. The first-order chi connectivity index (χ1) is 8.22. The van der Waals surface area contributed by atoms with E-state index in [1.807, 2.05) is 37.0 Å². The zero-order chi connectivity index (χ0) is 12.3. The van der Waals surface area contributed by atoms with Gasteiger partial charge in [0.05, 0.1) is 5.52 Å². The van der Waals surface area contributed by atoms with Crippen molar-refractivity contribution in [2.24, 2.45) is 0 Å². The number of rotatable bonds is 4. The third kappa shape index (κ3) is 2.61. The van der Waals surface area contributed by atoms with Crippen molar-refractivity contribution in [2.75, 3.05) is 36.2 Å². The molecule has 2 N–H and O–H groups in total. The van der Waals surface area contributed by atoms with Crippen molar-refractivity contribution in [3.05, 3.63) is 24.5 Å². The molecule has 0 unspecified atom stereocenters. The van der Waals surface area contributed by atoms with Gasteiger partial charge in [-0.15, -0.1) is 0 Å². The highest BCUT2D eigenvalue weighted by atomic mass is 32.2. The summed E-state index contributed by atoms with van der Waals surface area (Å²) in [6, 6.07) is 5.75. The number of nitrogens with zero attached hydrogens (tertiary/aromatic N) is 3. The average molecular weight is 248 g/mol. The molecule has 0 aliphatic rings. The van der Waals surface area contributed by atoms with E-state index < -0.39 is 0 Å². The zero-order valence-electron chi connectivity index (χ0n) is 10.1. The van der Waals surface area contributed by atoms with Crippen LogP contribution in [0.2, 0.25) is 0 Å². The molecule has 1 aromatic carbocycles. The summed E-state index contributed by atoms with van der Waals surface area (Å²) >= 11 is 1.83. The lowest BCUT2D eigenvalue weighted by Gasteiger charge is -2.18. The fraction of sp³-hybridized carbons (Fsp3) is 0.333. The molecule has 90 valence electrons. The number of benzene rings is 1. The summed E-state index contributed by atoms with van der Waals surface area (Å²) in [6.07, 6.45) is 3.69. The largest absolute Gasteiger partial charge is 0.399 e. The Hall–Kier alpha value is -1.49. The summed E-state index contributed by atoms with van der Waals surface area (Å²) in [5, 5.41) is 1.05. The quantitative estimate of drug-likeness (QED) is 0.839. The van der Waals surface area contributed by atoms with Gasteiger partial charge in [-0.1, -0.05) is 0 Å². The molecular formula is C12H16N4S. The Morgan fingerprint density at radius 2 is 2.18 bits per heavy atom. The van der Waals surface area contributed by atoms with Gasteiger partial charge in [-0.25, -0.2) is 9.97 Å². The summed E-state index contributed by atoms with van der Waals surface area (Å²) in [4.78, 5) is 10.7. The minimum atomic E-state index is 0.730. The van der Waals surface area contributed by atoms with Crippen molar-refractivity contribution in [2.45, 2.75) is 0 Å². The summed E-state index contributed by atoms with van der Waals surface area (Å²) in [6.45, 7) is 0.970. The number of nitrogen functional groups attached to an aromatic ring is 1. The summed E-state index contributed by atoms with van der Waals surface area (Å²) in [5.74, 6) is 2.04. The average Bonchev–Trinajstić information content (AvgIpc) is 2.34. The van der Waals surface area contributed by atoms with Gasteiger partial charge in [0.2, 0.25) is 0 Å². The van der Waals surface area contributed by atoms with Crippen LogP contribution in [0.15, 0.2) is 24.5 Å². The van der Waals surface area contributed by atoms with E-state index in [1.165, 1.54) is 0 Å². The molecule has 1 heterocycles. The van der Waals surface area contributed by atoms with Gasteiger partial charge < -0.3 is 10.6 Å². The number of nitrogens with two attached hydrogens (primary N) is 1. The Labute approximate surface area is 105 Å². The SMILES string of the molecule is CSCCN(C)c1ncnc2cc(N)ccc12. The molecule has 0 bridgehead atoms. The fourth-order valence-electron chi connectivity index (χ4n) is 1.70. The van der Waals surface area contributed by atoms with E-state index in [2.05, 4.69) is 21.1 Å². The summed E-state index contributed by atoms with van der Waals surface area (Å²) in [7, 11) is 2.05. The molecule has 0 radical (unpaired) electrons. The van der Waals surface area contributed by atoms with E-state index in [0.717, 1.165) is 34.7 Å². The van der Waals surface area contributed by atoms with Crippen LogP contribution in [0.3, 0.4) is 0 Å². The topological polar surface area (TPSA) is 55.0 Å². The summed E-state index contributed by atoms with van der Waals surface area (Å²) < 4.78 is 0. The Bertz CT molecular complexity index is 515. The van der Waals surface area contributed by atoms with Crippen LogP contribution in [0.4, 0.5) is 11.5 Å². The lowest BCUT2D eigenvalue weighted by Crippen LogP contribution is -2.21. The van der Waals surface area contributed by atoms with E-state index in [-0.39, 0.29) is 0 Å². The first-order valence-corrected chi connectivity index (χ1v) is 6.82. The lowest BCUT2D eigenvalue weighted by molar-refractivity contribution is 0.948. The van der Waals surface area contributed by atoms with Crippen LogP contribution >= 0.6 is 11.8 Å². The number of hydrogen-bond acceptors (Lipinski definition) is 5. The van der Waals surface area contributed by atoms with Gasteiger partial charge in [-0.05, 0) is 24.5 Å². The van der Waals surface area contributed by atoms with Crippen LogP contribution in [0, 0.1) is 0 Å². The highest BCUT2D eigenvalue weighted by Crippen LogP contribution is 2.23. The Balaban J connectivity index is 2.40. The second-order valence-electron chi connectivity index (χ2n) is 3.89. The standard InChI is InChI=1S/C12H16N4S/c1-16(5-6-17-2)12-10-4-3-9(13)7-11(10)14-8-15-12/h3-4,7-8H,5-6,13H2,1-2H3. The maximum atomic E-state index is 5.75. The Morgan fingerprint density at radius 3 is 2.94 bits per heavy atom. The lowest BCUT2D eigenvalue weighted by atomic mass is 10.2. The van der Waals surface area contributed by atoms with Crippen molar-refractivity contribution in [1.29, 1.82) is 0 Å². The van der Waals surface area contributed by atoms with Crippen molar-refractivity contribution in [1.82, 2.24) is 9.97 Å². The second-order valence-corrected chi connectivity index (χ2v) is 4.87. The monoisotopic (exact) mass is 248 g/mol. The van der Waals surface area contributed by atoms with Crippen LogP contribution in [-0.2, 0) is 0 Å². The minimum Gasteiger partial charge on any atom is -0.399 e. The van der Waals surface area contributed by atoms with Gasteiger partial charge in [0.1, 0.15) is 12.1 Å². The van der Waals surface area contributed by atoms with Gasteiger partial charge in [0, 0.05) is 30.4 Å². The molecule has 0 aliphatic heterocycles. The molecule has 0 aliphatic carbocycles. The van der Waals surface area contributed by atoms with Gasteiger partial charge in [0.15, 0.2) is 0 Å². The summed E-state index contributed by atoms with van der Waals surface area (Å²) in [5.41, 5.74) is 7.38. The smallest absolute Gasteiger partial charge is 0.139 e. The van der Waals surface area contributed by atoms with Crippen LogP contribution in [0.5, 0.6) is 0 Å². The van der Waals surface area contributed by atoms with Crippen LogP contribution < -0.4 is 10.6 Å². The molecule has 2 aromatic rings. The van der Waals surface area contributed by atoms with Gasteiger partial charge in [0.25, 0.3) is 0 Å². The number of fused-ring (bicyclic) bond motifs is 1. The first kappa shape index (κ1) is 12.0. The molecular weight excluding hydrogens is 232 g/mol. The van der Waals surface area contributed by atoms with Crippen molar-refractivity contribution >= 4 is 34.2 Å². The van der Waals surface area contributed by atoms with E-state index in [1.54, 1.807) is 6.33 Å². The van der Waals surface area contributed by atoms with Gasteiger partial charge in [-0.3, -0.25) is 0 Å². The van der Waals surface area contributed by atoms with E-state index in [9.17, 15) is 0 Å². The highest BCUT2D eigenvalue weighted by Gasteiger charge is 2.08. The Kier molecular flexibility index (Phi) is 3.68. The predicted octanol–water partition coefficient (Wildman–Crippen LogP) is 2.01. The fourth-order valence-corrected chi connectivity index (χ4v) is 2.15. The van der Waals surface area contributed by atoms with Gasteiger partial charge >= 0.3 is 0 Å². The van der Waals surface area contributed by atoms with Crippen molar-refractivity contribution in [3.8, 4) is 0 Å².